The highest BCUT2D eigenvalue weighted by Crippen LogP contribution is 2.20. The maximum absolute atomic E-state index is 11.7. The lowest BCUT2D eigenvalue weighted by molar-refractivity contribution is 0.0524. The molecule has 1 aromatic carbocycles. The number of carbonyl (C=O) groups excluding carboxylic acids is 1. The third-order valence-electron chi connectivity index (χ3n) is 2.58. The summed E-state index contributed by atoms with van der Waals surface area (Å²) in [6, 6.07) is 5.32. The molecule has 0 spiro atoms. The summed E-state index contributed by atoms with van der Waals surface area (Å²) in [5.41, 5.74) is 3.28. The van der Waals surface area contributed by atoms with Crippen LogP contribution in [0.4, 0.5) is 10.5 Å². The molecule has 7 nitrogen and oxygen atoms in total. The largest absolute Gasteiger partial charge is 0.443 e. The Balaban J connectivity index is 2.12. The number of hydrazine groups is 1. The first-order valence-corrected chi connectivity index (χ1v) is 6.17. The summed E-state index contributed by atoms with van der Waals surface area (Å²) in [5, 5.41) is 15.6. The first kappa shape index (κ1) is 14.0. The normalized spacial score (nSPS) is 11.4. The molecule has 0 aliphatic rings. The summed E-state index contributed by atoms with van der Waals surface area (Å²) >= 11 is 0. The number of amides is 1. The minimum Gasteiger partial charge on any atom is -0.443 e. The Bertz CT molecular complexity index is 630. The van der Waals surface area contributed by atoms with Crippen LogP contribution in [0.15, 0.2) is 24.4 Å². The van der Waals surface area contributed by atoms with Gasteiger partial charge in [0.25, 0.3) is 0 Å². The number of aromatic nitrogens is 2. The van der Waals surface area contributed by atoms with Crippen LogP contribution in [0.1, 0.15) is 20.8 Å². The average molecular weight is 278 g/mol. The second kappa shape index (κ2) is 4.92. The van der Waals surface area contributed by atoms with Crippen molar-refractivity contribution in [3.05, 3.63) is 24.4 Å². The maximum atomic E-state index is 11.7. The number of nitrogens with one attached hydrogen (secondary N) is 1. The molecule has 0 saturated heterocycles. The van der Waals surface area contributed by atoms with Crippen LogP contribution in [0.2, 0.25) is 0 Å². The topological polar surface area (TPSA) is 79.6 Å². The van der Waals surface area contributed by atoms with Crippen molar-refractivity contribution in [2.45, 2.75) is 26.4 Å². The van der Waals surface area contributed by atoms with E-state index < -0.39 is 11.7 Å². The van der Waals surface area contributed by atoms with E-state index in [1.807, 2.05) is 0 Å². The van der Waals surface area contributed by atoms with Crippen LogP contribution >= 0.6 is 0 Å². The molecule has 0 radical (unpaired) electrons. The van der Waals surface area contributed by atoms with Gasteiger partial charge in [0.05, 0.1) is 11.9 Å². The molecule has 2 N–H and O–H groups in total. The number of hydrogen-bond donors (Lipinski definition) is 2. The minimum absolute atomic E-state index is 0.544. The van der Waals surface area contributed by atoms with Crippen LogP contribution in [0, 0.1) is 0 Å². The zero-order valence-corrected chi connectivity index (χ0v) is 11.9. The molecular weight excluding hydrogens is 260 g/mol. The number of benzene rings is 1. The molecule has 1 aromatic heterocycles. The fraction of sp³-hybridized carbons (Fsp3) is 0.385. The SMILES string of the molecule is CN(NC(=O)OC(C)(C)C)c1ccc2cnn(O)c2c1. The molecule has 0 atom stereocenters. The van der Waals surface area contributed by atoms with E-state index in [4.69, 9.17) is 4.74 Å². The van der Waals surface area contributed by atoms with Crippen LogP contribution in [0.3, 0.4) is 0 Å². The predicted octanol–water partition coefficient (Wildman–Crippen LogP) is 2.15. The molecule has 0 unspecified atom stereocenters. The first-order valence-electron chi connectivity index (χ1n) is 6.17. The monoisotopic (exact) mass is 278 g/mol. The van der Waals surface area contributed by atoms with Crippen molar-refractivity contribution in [2.24, 2.45) is 0 Å². The Morgan fingerprint density at radius 1 is 1.45 bits per heavy atom. The molecule has 0 fully saturated rings. The van der Waals surface area contributed by atoms with E-state index >= 15 is 0 Å². The van der Waals surface area contributed by atoms with Gasteiger partial charge in [-0.25, -0.2) is 10.2 Å². The quantitative estimate of drug-likeness (QED) is 0.650. The van der Waals surface area contributed by atoms with Gasteiger partial charge in [-0.1, -0.05) is 0 Å². The third kappa shape index (κ3) is 3.11. The molecule has 1 amide bonds. The summed E-state index contributed by atoms with van der Waals surface area (Å²) in [4.78, 5) is 12.5. The molecule has 0 saturated carbocycles. The molecule has 0 aliphatic carbocycles. The standard InChI is InChI=1S/C13H18N4O3/c1-13(2,3)20-12(18)15-16(4)10-6-5-9-8-14-17(19)11(9)7-10/h5-8,19H,1-4H3,(H,15,18). The van der Waals surface area contributed by atoms with Gasteiger partial charge in [-0.3, -0.25) is 5.01 Å². The van der Waals surface area contributed by atoms with Gasteiger partial charge in [0, 0.05) is 12.4 Å². The summed E-state index contributed by atoms with van der Waals surface area (Å²) < 4.78 is 5.17. The van der Waals surface area contributed by atoms with E-state index in [9.17, 15) is 10.0 Å². The summed E-state index contributed by atoms with van der Waals surface area (Å²) in [7, 11) is 1.68. The van der Waals surface area contributed by atoms with Crippen molar-refractivity contribution in [3.8, 4) is 0 Å². The number of fused-ring (bicyclic) bond motifs is 1. The van der Waals surface area contributed by atoms with Crippen molar-refractivity contribution >= 4 is 22.7 Å². The fourth-order valence-electron chi connectivity index (χ4n) is 1.70. The minimum atomic E-state index is -0.557. The summed E-state index contributed by atoms with van der Waals surface area (Å²) in [6.45, 7) is 5.38. The van der Waals surface area contributed by atoms with Gasteiger partial charge in [0.2, 0.25) is 0 Å². The zero-order valence-electron chi connectivity index (χ0n) is 11.9. The predicted molar refractivity (Wildman–Crippen MR) is 74.7 cm³/mol. The lowest BCUT2D eigenvalue weighted by atomic mass is 10.2. The molecule has 2 rings (SSSR count). The molecule has 7 heteroatoms. The number of rotatable bonds is 2. The smallest absolute Gasteiger partial charge is 0.426 e. The third-order valence-corrected chi connectivity index (χ3v) is 2.58. The summed E-state index contributed by atoms with van der Waals surface area (Å²) in [5.74, 6) is 0. The van der Waals surface area contributed by atoms with Gasteiger partial charge in [-0.2, -0.15) is 0 Å². The van der Waals surface area contributed by atoms with Crippen LogP contribution in [-0.4, -0.2) is 33.9 Å². The highest BCUT2D eigenvalue weighted by atomic mass is 16.6. The number of nitrogens with zero attached hydrogens (tertiary/aromatic N) is 3. The number of carbonyl (C=O) groups is 1. The van der Waals surface area contributed by atoms with Crippen molar-refractivity contribution in [1.29, 1.82) is 0 Å². The second-order valence-corrected chi connectivity index (χ2v) is 5.45. The lowest BCUT2D eigenvalue weighted by Gasteiger charge is -2.24. The Kier molecular flexibility index (Phi) is 3.44. The van der Waals surface area contributed by atoms with Gasteiger partial charge < -0.3 is 9.94 Å². The van der Waals surface area contributed by atoms with Gasteiger partial charge in [-0.15, -0.1) is 9.94 Å². The van der Waals surface area contributed by atoms with Crippen LogP contribution < -0.4 is 10.4 Å². The van der Waals surface area contributed by atoms with Crippen molar-refractivity contribution in [2.75, 3.05) is 12.1 Å². The Hall–Kier alpha value is -2.44. The highest BCUT2D eigenvalue weighted by Gasteiger charge is 2.17. The number of ether oxygens (including phenoxy) is 1. The van der Waals surface area contributed by atoms with Gasteiger partial charge in [0.15, 0.2) is 0 Å². The van der Waals surface area contributed by atoms with Gasteiger partial charge in [-0.05, 0) is 39.0 Å². The Labute approximate surface area is 116 Å². The van der Waals surface area contributed by atoms with Gasteiger partial charge >= 0.3 is 6.09 Å². The molecule has 1 heterocycles. The molecular formula is C13H18N4O3. The second-order valence-electron chi connectivity index (χ2n) is 5.45. The zero-order chi connectivity index (χ0) is 14.9. The molecule has 108 valence electrons. The first-order chi connectivity index (χ1) is 9.26. The molecule has 20 heavy (non-hydrogen) atoms. The van der Waals surface area contributed by atoms with Crippen LogP contribution in [0.25, 0.3) is 10.9 Å². The highest BCUT2D eigenvalue weighted by molar-refractivity contribution is 5.82. The van der Waals surface area contributed by atoms with E-state index in [0.717, 1.165) is 10.2 Å². The van der Waals surface area contributed by atoms with Crippen molar-refractivity contribution < 1.29 is 14.7 Å². The molecule has 0 bridgehead atoms. The number of anilines is 1. The Morgan fingerprint density at radius 3 is 2.80 bits per heavy atom. The van der Waals surface area contributed by atoms with E-state index in [1.165, 1.54) is 5.01 Å². The van der Waals surface area contributed by atoms with E-state index in [2.05, 4.69) is 10.5 Å². The van der Waals surface area contributed by atoms with E-state index in [-0.39, 0.29) is 0 Å². The van der Waals surface area contributed by atoms with Crippen LogP contribution in [-0.2, 0) is 4.74 Å². The molecule has 2 aromatic rings. The maximum Gasteiger partial charge on any atom is 0.426 e. The fourth-order valence-corrected chi connectivity index (χ4v) is 1.70. The van der Waals surface area contributed by atoms with Crippen LogP contribution in [0.5, 0.6) is 0 Å². The van der Waals surface area contributed by atoms with Crippen molar-refractivity contribution in [1.82, 2.24) is 15.4 Å². The summed E-state index contributed by atoms with van der Waals surface area (Å²) in [6.07, 6.45) is 1.01. The molecule has 0 aliphatic heterocycles. The number of hydrogen-bond acceptors (Lipinski definition) is 5. The van der Waals surface area contributed by atoms with Gasteiger partial charge in [0.1, 0.15) is 11.1 Å². The average Bonchev–Trinajstić information content (AvgIpc) is 2.68. The van der Waals surface area contributed by atoms with E-state index in [1.54, 1.807) is 52.2 Å². The Morgan fingerprint density at radius 2 is 2.15 bits per heavy atom. The van der Waals surface area contributed by atoms with Crippen molar-refractivity contribution in [3.63, 3.8) is 0 Å². The lowest BCUT2D eigenvalue weighted by Crippen LogP contribution is -2.42. The van der Waals surface area contributed by atoms with E-state index in [0.29, 0.717) is 11.2 Å².